The monoisotopic (exact) mass is 515 g/mol. The maximum absolute atomic E-state index is 13.1. The Balaban J connectivity index is 1.16. The van der Waals surface area contributed by atoms with Crippen LogP contribution < -0.4 is 0 Å². The van der Waals surface area contributed by atoms with Crippen LogP contribution in [0.5, 0.6) is 0 Å². The number of rotatable bonds is 5. The third-order valence-electron chi connectivity index (χ3n) is 10.1. The summed E-state index contributed by atoms with van der Waals surface area (Å²) >= 11 is 0. The molecule has 1 heterocycles. The van der Waals surface area contributed by atoms with E-state index in [9.17, 15) is 14.0 Å². The minimum atomic E-state index is -0.357. The van der Waals surface area contributed by atoms with Crippen LogP contribution in [0.3, 0.4) is 0 Å². The Morgan fingerprint density at radius 1 is 1.11 bits per heavy atom. The number of hydrogen-bond donors (Lipinski definition) is 0. The Morgan fingerprint density at radius 2 is 1.89 bits per heavy atom. The molecule has 6 nitrogen and oxygen atoms in total. The molecule has 2 aromatic rings. The first-order valence-corrected chi connectivity index (χ1v) is 13.7. The quantitative estimate of drug-likeness (QED) is 0.211. The average molecular weight is 516 g/mol. The fraction of sp³-hybridized carbons (Fsp3) is 0.484. The minimum absolute atomic E-state index is 0.0869. The van der Waals surface area contributed by atoms with Crippen molar-refractivity contribution in [3.63, 3.8) is 0 Å². The molecule has 0 unspecified atom stereocenters. The van der Waals surface area contributed by atoms with Crippen LogP contribution in [0.4, 0.5) is 4.39 Å². The van der Waals surface area contributed by atoms with Crippen molar-refractivity contribution in [2.24, 2.45) is 28.6 Å². The summed E-state index contributed by atoms with van der Waals surface area (Å²) < 4.78 is 20.8. The van der Waals surface area contributed by atoms with Crippen molar-refractivity contribution in [1.82, 2.24) is 14.8 Å². The van der Waals surface area contributed by atoms with Crippen LogP contribution in [0.25, 0.3) is 11.8 Å². The van der Waals surface area contributed by atoms with Crippen molar-refractivity contribution < 1.29 is 18.7 Å². The number of allylic oxidation sites excluding steroid dienone is 3. The maximum Gasteiger partial charge on any atom is 0.331 e. The molecule has 0 saturated heterocycles. The van der Waals surface area contributed by atoms with Crippen molar-refractivity contribution in [1.29, 1.82) is 0 Å². The summed E-state index contributed by atoms with van der Waals surface area (Å²) in [6.45, 7) is 4.73. The molecule has 38 heavy (non-hydrogen) atoms. The van der Waals surface area contributed by atoms with Gasteiger partial charge >= 0.3 is 5.97 Å². The Morgan fingerprint density at radius 3 is 2.63 bits per heavy atom. The molecule has 4 aliphatic carbocycles. The van der Waals surface area contributed by atoms with E-state index in [0.717, 1.165) is 68.1 Å². The number of fused-ring (bicyclic) bond motifs is 5. The molecule has 2 saturated carbocycles. The number of esters is 1. The van der Waals surface area contributed by atoms with Crippen molar-refractivity contribution in [2.75, 3.05) is 0 Å². The molecule has 1 aromatic heterocycles. The summed E-state index contributed by atoms with van der Waals surface area (Å²) in [5.74, 6) is 0.812. The summed E-state index contributed by atoms with van der Waals surface area (Å²) in [6, 6.07) is 6.02. The fourth-order valence-electron chi connectivity index (χ4n) is 8.20. The van der Waals surface area contributed by atoms with Crippen molar-refractivity contribution in [2.45, 2.75) is 64.9 Å². The lowest BCUT2D eigenvalue weighted by Gasteiger charge is -2.57. The van der Waals surface area contributed by atoms with Crippen LogP contribution in [-0.2, 0) is 14.3 Å². The van der Waals surface area contributed by atoms with E-state index in [4.69, 9.17) is 4.74 Å². The highest BCUT2D eigenvalue weighted by Gasteiger charge is 2.58. The van der Waals surface area contributed by atoms with Crippen LogP contribution in [0.1, 0.15) is 64.4 Å². The molecule has 0 amide bonds. The van der Waals surface area contributed by atoms with Gasteiger partial charge in [0.2, 0.25) is 0 Å². The van der Waals surface area contributed by atoms with E-state index >= 15 is 0 Å². The molecule has 0 aliphatic heterocycles. The highest BCUT2D eigenvalue weighted by atomic mass is 19.1. The lowest BCUT2D eigenvalue weighted by Crippen LogP contribution is -2.50. The number of aldehydes is 1. The highest BCUT2D eigenvalue weighted by Crippen LogP contribution is 2.66. The van der Waals surface area contributed by atoms with Gasteiger partial charge in [-0.15, -0.1) is 0 Å². The van der Waals surface area contributed by atoms with Gasteiger partial charge in [0.1, 0.15) is 30.9 Å². The molecule has 0 radical (unpaired) electrons. The molecule has 198 valence electrons. The lowest BCUT2D eigenvalue weighted by molar-refractivity contribution is -0.145. The van der Waals surface area contributed by atoms with E-state index < -0.39 is 0 Å². The van der Waals surface area contributed by atoms with E-state index in [1.807, 2.05) is 4.68 Å². The standard InChI is InChI=1S/C31H34FN3O3/c1-30-13-11-24(38-28(37)10-5-20-3-7-23(32)8-4-20)16-22(30)6-9-25-26(30)12-14-31(2)27(25)15-21(17-36)29(31)35-19-33-18-34-35/h3-8,10,17-19,24-27H,9,11-16H2,1-2H3/b10-5+/t24-,25+,26-,27-,30-,31-/m0/s1. The summed E-state index contributed by atoms with van der Waals surface area (Å²) in [5.41, 5.74) is 4.10. The maximum atomic E-state index is 13.1. The first kappa shape index (κ1) is 25.0. The summed E-state index contributed by atoms with van der Waals surface area (Å²) in [4.78, 5) is 28.8. The van der Waals surface area contributed by atoms with Gasteiger partial charge in [-0.1, -0.05) is 37.6 Å². The first-order valence-electron chi connectivity index (χ1n) is 13.7. The summed E-state index contributed by atoms with van der Waals surface area (Å²) in [6.07, 6.45) is 16.2. The number of benzene rings is 1. The SMILES string of the molecule is C[C@]12CC[C@H](OC(=O)/C=C/c3ccc(F)cc3)CC1=CC[C@@H]1[C@@H]2CC[C@]2(C)C(n3cncn3)=C(C=O)C[C@@H]12. The number of hydrogen-bond acceptors (Lipinski definition) is 5. The Bertz CT molecular complexity index is 1330. The first-order chi connectivity index (χ1) is 18.3. The predicted octanol–water partition coefficient (Wildman–Crippen LogP) is 6.03. The highest BCUT2D eigenvalue weighted by molar-refractivity contribution is 5.87. The van der Waals surface area contributed by atoms with Gasteiger partial charge in [-0.3, -0.25) is 4.79 Å². The molecular formula is C31H34FN3O3. The Labute approximate surface area is 222 Å². The van der Waals surface area contributed by atoms with Gasteiger partial charge in [0.25, 0.3) is 0 Å². The molecule has 6 atom stereocenters. The number of carbonyl (C=O) groups is 2. The Hall–Kier alpha value is -3.35. The molecule has 6 rings (SSSR count). The smallest absolute Gasteiger partial charge is 0.331 e. The fourth-order valence-corrected chi connectivity index (χ4v) is 8.20. The predicted molar refractivity (Wildman–Crippen MR) is 142 cm³/mol. The number of carbonyl (C=O) groups excluding carboxylic acids is 2. The Kier molecular flexibility index (Phi) is 6.20. The second-order valence-electron chi connectivity index (χ2n) is 11.9. The molecule has 2 fully saturated rings. The van der Waals surface area contributed by atoms with Crippen LogP contribution in [0.2, 0.25) is 0 Å². The molecule has 0 N–H and O–H groups in total. The van der Waals surface area contributed by atoms with Gasteiger partial charge in [0, 0.05) is 23.5 Å². The van der Waals surface area contributed by atoms with Gasteiger partial charge in [0.15, 0.2) is 0 Å². The van der Waals surface area contributed by atoms with Crippen LogP contribution in [-0.4, -0.2) is 33.1 Å². The molecule has 0 bridgehead atoms. The zero-order valence-corrected chi connectivity index (χ0v) is 22.0. The van der Waals surface area contributed by atoms with Crippen LogP contribution >= 0.6 is 0 Å². The van der Waals surface area contributed by atoms with E-state index in [1.54, 1.807) is 24.5 Å². The number of aromatic nitrogens is 3. The van der Waals surface area contributed by atoms with Gasteiger partial charge in [-0.25, -0.2) is 18.9 Å². The third-order valence-corrected chi connectivity index (χ3v) is 10.1. The molecule has 0 spiro atoms. The zero-order chi connectivity index (χ0) is 26.5. The van der Waals surface area contributed by atoms with Crippen molar-refractivity contribution in [3.8, 4) is 0 Å². The number of nitrogens with zero attached hydrogens (tertiary/aromatic N) is 3. The topological polar surface area (TPSA) is 74.1 Å². The summed E-state index contributed by atoms with van der Waals surface area (Å²) in [5, 5.41) is 4.40. The molecule has 7 heteroatoms. The molecular weight excluding hydrogens is 481 g/mol. The normalized spacial score (nSPS) is 34.3. The van der Waals surface area contributed by atoms with Crippen molar-refractivity contribution >= 4 is 24.0 Å². The van der Waals surface area contributed by atoms with Gasteiger partial charge in [-0.2, -0.15) is 5.10 Å². The van der Waals surface area contributed by atoms with E-state index in [0.29, 0.717) is 17.8 Å². The van der Waals surface area contributed by atoms with Crippen LogP contribution in [0.15, 0.2) is 60.2 Å². The van der Waals surface area contributed by atoms with Gasteiger partial charge in [0.05, 0.1) is 5.70 Å². The van der Waals surface area contributed by atoms with Gasteiger partial charge < -0.3 is 4.74 Å². The zero-order valence-electron chi connectivity index (χ0n) is 22.0. The molecule has 1 aromatic carbocycles. The largest absolute Gasteiger partial charge is 0.459 e. The van der Waals surface area contributed by atoms with Gasteiger partial charge in [-0.05, 0) is 85.5 Å². The van der Waals surface area contributed by atoms with E-state index in [2.05, 4.69) is 30.0 Å². The molecule has 4 aliphatic rings. The average Bonchev–Trinajstić information content (AvgIpc) is 3.53. The summed E-state index contributed by atoms with van der Waals surface area (Å²) in [7, 11) is 0. The van der Waals surface area contributed by atoms with Crippen LogP contribution in [0, 0.1) is 34.4 Å². The van der Waals surface area contributed by atoms with E-state index in [-0.39, 0.29) is 28.7 Å². The second kappa shape index (κ2) is 9.44. The lowest BCUT2D eigenvalue weighted by atomic mass is 9.48. The second-order valence-corrected chi connectivity index (χ2v) is 11.9. The third kappa shape index (κ3) is 4.07. The number of halogens is 1. The van der Waals surface area contributed by atoms with E-state index in [1.165, 1.54) is 30.1 Å². The van der Waals surface area contributed by atoms with Crippen molar-refractivity contribution in [3.05, 3.63) is 71.6 Å². The minimum Gasteiger partial charge on any atom is -0.459 e. The number of ether oxygens (including phenoxy) is 1.